The Morgan fingerprint density at radius 2 is 2.71 bits per heavy atom. The molecule has 90 valence electrons. The first-order chi connectivity index (χ1) is 8.29. The molecule has 5 heteroatoms. The Hall–Kier alpha value is -1.38. The van der Waals surface area contributed by atoms with Gasteiger partial charge in [-0.1, -0.05) is 0 Å². The molecule has 1 aliphatic heterocycles. The number of aromatic nitrogens is 1. The third kappa shape index (κ3) is 3.29. The molecule has 17 heavy (non-hydrogen) atoms. The van der Waals surface area contributed by atoms with E-state index in [1.165, 1.54) is 11.3 Å². The molecule has 0 aromatic carbocycles. The van der Waals surface area contributed by atoms with E-state index in [2.05, 4.69) is 16.4 Å². The highest BCUT2D eigenvalue weighted by Gasteiger charge is 2.14. The Morgan fingerprint density at radius 1 is 1.82 bits per heavy atom. The predicted octanol–water partition coefficient (Wildman–Crippen LogP) is 2.08. The van der Waals surface area contributed by atoms with E-state index in [-0.39, 0.29) is 6.10 Å². The fourth-order valence-electron chi connectivity index (χ4n) is 1.72. The van der Waals surface area contributed by atoms with Crippen LogP contribution in [-0.2, 0) is 4.74 Å². The Kier molecular flexibility index (Phi) is 4.13. The second-order valence-corrected chi connectivity index (χ2v) is 4.87. The first-order valence-electron chi connectivity index (χ1n) is 5.67. The van der Waals surface area contributed by atoms with E-state index in [9.17, 15) is 0 Å². The average Bonchev–Trinajstić information content (AvgIpc) is 2.96. The molecule has 1 N–H and O–H groups in total. The minimum absolute atomic E-state index is 0.282. The van der Waals surface area contributed by atoms with Gasteiger partial charge in [0.1, 0.15) is 16.6 Å². The number of nitrogens with zero attached hydrogens (tertiary/aromatic N) is 2. The molecule has 1 saturated heterocycles. The Morgan fingerprint density at radius 3 is 3.29 bits per heavy atom. The summed E-state index contributed by atoms with van der Waals surface area (Å²) in [5.74, 6) is 0. The van der Waals surface area contributed by atoms with Crippen molar-refractivity contribution in [2.24, 2.45) is 0 Å². The number of nitrogens with one attached hydrogen (secondary N) is 1. The van der Waals surface area contributed by atoms with Crippen LogP contribution in [0, 0.1) is 18.3 Å². The van der Waals surface area contributed by atoms with Crippen molar-refractivity contribution in [3.05, 3.63) is 22.3 Å². The second kappa shape index (κ2) is 5.80. The highest BCUT2D eigenvalue weighted by atomic mass is 32.1. The molecule has 1 aliphatic rings. The number of ether oxygens (including phenoxy) is 1. The fraction of sp³-hybridized carbons (Fsp3) is 0.500. The molecule has 0 amide bonds. The van der Waals surface area contributed by atoms with E-state index in [0.717, 1.165) is 36.7 Å². The molecule has 1 atom stereocenters. The summed E-state index contributed by atoms with van der Waals surface area (Å²) in [7, 11) is 0. The Bertz CT molecular complexity index is 441. The molecule has 1 fully saturated rings. The summed E-state index contributed by atoms with van der Waals surface area (Å²) in [5.41, 5.74) is 1.53. The zero-order valence-corrected chi connectivity index (χ0v) is 10.6. The van der Waals surface area contributed by atoms with Gasteiger partial charge in [0.05, 0.1) is 6.10 Å². The van der Waals surface area contributed by atoms with Gasteiger partial charge in [0.25, 0.3) is 0 Å². The summed E-state index contributed by atoms with van der Waals surface area (Å²) >= 11 is 1.49. The van der Waals surface area contributed by atoms with Crippen LogP contribution in [0.5, 0.6) is 0 Å². The lowest BCUT2D eigenvalue weighted by atomic mass is 10.2. The van der Waals surface area contributed by atoms with Crippen LogP contribution in [0.25, 0.3) is 5.57 Å². The smallest absolute Gasteiger partial charge is 0.135 e. The summed E-state index contributed by atoms with van der Waals surface area (Å²) < 4.78 is 5.49. The van der Waals surface area contributed by atoms with Crippen LogP contribution in [0.4, 0.5) is 0 Å². The van der Waals surface area contributed by atoms with Crippen LogP contribution in [-0.4, -0.2) is 24.2 Å². The second-order valence-electron chi connectivity index (χ2n) is 4.01. The predicted molar refractivity (Wildman–Crippen MR) is 67.4 cm³/mol. The van der Waals surface area contributed by atoms with Gasteiger partial charge in [-0.25, -0.2) is 4.98 Å². The van der Waals surface area contributed by atoms with E-state index in [4.69, 9.17) is 10.00 Å². The van der Waals surface area contributed by atoms with Gasteiger partial charge in [0.15, 0.2) is 0 Å². The summed E-state index contributed by atoms with van der Waals surface area (Å²) in [6.07, 6.45) is 4.25. The van der Waals surface area contributed by atoms with E-state index in [1.54, 1.807) is 6.20 Å². The van der Waals surface area contributed by atoms with Gasteiger partial charge in [0.2, 0.25) is 0 Å². The summed E-state index contributed by atoms with van der Waals surface area (Å²) in [6, 6.07) is 2.16. The maximum Gasteiger partial charge on any atom is 0.135 e. The van der Waals surface area contributed by atoms with Crippen molar-refractivity contribution in [2.75, 3.05) is 13.2 Å². The quantitative estimate of drug-likeness (QED) is 0.830. The van der Waals surface area contributed by atoms with Gasteiger partial charge >= 0.3 is 0 Å². The van der Waals surface area contributed by atoms with Gasteiger partial charge < -0.3 is 10.1 Å². The largest absolute Gasteiger partial charge is 0.387 e. The number of thiazole rings is 1. The van der Waals surface area contributed by atoms with Gasteiger partial charge in [-0.2, -0.15) is 5.26 Å². The van der Waals surface area contributed by atoms with Gasteiger partial charge in [-0.15, -0.1) is 11.3 Å². The number of aryl methyl sites for hydroxylation is 1. The van der Waals surface area contributed by atoms with Crippen molar-refractivity contribution in [1.82, 2.24) is 10.3 Å². The van der Waals surface area contributed by atoms with E-state index in [1.807, 2.05) is 12.3 Å². The van der Waals surface area contributed by atoms with Crippen LogP contribution < -0.4 is 5.32 Å². The van der Waals surface area contributed by atoms with Gasteiger partial charge in [-0.05, 0) is 19.8 Å². The summed E-state index contributed by atoms with van der Waals surface area (Å²) in [5, 5.41) is 14.9. The first-order valence-corrected chi connectivity index (χ1v) is 6.55. The molecule has 0 radical (unpaired) electrons. The first kappa shape index (κ1) is 12.1. The van der Waals surface area contributed by atoms with Crippen LogP contribution in [0.15, 0.2) is 11.6 Å². The summed E-state index contributed by atoms with van der Waals surface area (Å²) in [6.45, 7) is 3.54. The molecule has 4 nitrogen and oxygen atoms in total. The van der Waals surface area contributed by atoms with E-state index >= 15 is 0 Å². The Balaban J connectivity index is 1.91. The monoisotopic (exact) mass is 249 g/mol. The molecule has 0 aliphatic carbocycles. The summed E-state index contributed by atoms with van der Waals surface area (Å²) in [4.78, 5) is 4.29. The maximum atomic E-state index is 9.06. The molecular formula is C12H15N3OS. The third-order valence-corrected chi connectivity index (χ3v) is 3.58. The van der Waals surface area contributed by atoms with Gasteiger partial charge in [0, 0.05) is 30.4 Å². The molecule has 1 unspecified atom stereocenters. The molecule has 2 rings (SSSR count). The van der Waals surface area contributed by atoms with Crippen LogP contribution >= 0.6 is 11.3 Å². The maximum absolute atomic E-state index is 9.06. The van der Waals surface area contributed by atoms with Crippen LogP contribution in [0.3, 0.4) is 0 Å². The SMILES string of the molecule is Cc1csc(/C(C#N)=C\NCC2CCCO2)n1. The highest BCUT2D eigenvalue weighted by Crippen LogP contribution is 2.18. The lowest BCUT2D eigenvalue weighted by Gasteiger charge is -2.08. The standard InChI is InChI=1S/C12H15N3OS/c1-9-8-17-12(15-9)10(5-13)6-14-7-11-3-2-4-16-11/h6,8,11,14H,2-4,7H2,1H3/b10-6-. The lowest BCUT2D eigenvalue weighted by Crippen LogP contribution is -2.22. The van der Waals surface area contributed by atoms with Crippen molar-refractivity contribution in [2.45, 2.75) is 25.9 Å². The van der Waals surface area contributed by atoms with Crippen LogP contribution in [0.2, 0.25) is 0 Å². The average molecular weight is 249 g/mol. The number of nitriles is 1. The number of rotatable bonds is 4. The molecule has 0 saturated carbocycles. The van der Waals surface area contributed by atoms with E-state index < -0.39 is 0 Å². The highest BCUT2D eigenvalue weighted by molar-refractivity contribution is 7.10. The zero-order valence-electron chi connectivity index (χ0n) is 9.77. The zero-order chi connectivity index (χ0) is 12.1. The van der Waals surface area contributed by atoms with E-state index in [0.29, 0.717) is 5.57 Å². The van der Waals surface area contributed by atoms with Crippen LogP contribution in [0.1, 0.15) is 23.5 Å². The molecule has 0 spiro atoms. The Labute approximate surface area is 105 Å². The number of hydrogen-bond acceptors (Lipinski definition) is 5. The van der Waals surface area contributed by atoms with Crippen molar-refractivity contribution in [3.8, 4) is 6.07 Å². The van der Waals surface area contributed by atoms with Gasteiger partial charge in [-0.3, -0.25) is 0 Å². The van der Waals surface area contributed by atoms with Crippen molar-refractivity contribution < 1.29 is 4.74 Å². The fourth-order valence-corrected chi connectivity index (χ4v) is 2.48. The molecule has 0 bridgehead atoms. The molecule has 1 aromatic heterocycles. The molecule has 2 heterocycles. The number of allylic oxidation sites excluding steroid dienone is 1. The molecular weight excluding hydrogens is 234 g/mol. The lowest BCUT2D eigenvalue weighted by molar-refractivity contribution is 0.113. The minimum atomic E-state index is 0.282. The minimum Gasteiger partial charge on any atom is -0.387 e. The molecule has 1 aromatic rings. The third-order valence-electron chi connectivity index (χ3n) is 2.59. The topological polar surface area (TPSA) is 57.9 Å². The normalized spacial score (nSPS) is 20.2. The van der Waals surface area contributed by atoms with Crippen molar-refractivity contribution in [1.29, 1.82) is 5.26 Å². The number of hydrogen-bond donors (Lipinski definition) is 1. The van der Waals surface area contributed by atoms with Crippen molar-refractivity contribution in [3.63, 3.8) is 0 Å². The van der Waals surface area contributed by atoms with Crippen molar-refractivity contribution >= 4 is 16.9 Å².